The summed E-state index contributed by atoms with van der Waals surface area (Å²) in [6, 6.07) is 0. The van der Waals surface area contributed by atoms with E-state index in [2.05, 4.69) is 0 Å². The maximum absolute atomic E-state index is 10.7. The largest absolute Gasteiger partial charge is 0.396 e. The van der Waals surface area contributed by atoms with Crippen LogP contribution in [0.2, 0.25) is 0 Å². The van der Waals surface area contributed by atoms with Gasteiger partial charge in [-0.05, 0) is 0 Å². The van der Waals surface area contributed by atoms with Gasteiger partial charge in [-0.2, -0.15) is 0 Å². The third kappa shape index (κ3) is 2.94. The lowest BCUT2D eigenvalue weighted by molar-refractivity contribution is -0.132. The molecular formula is C6H12O5. The van der Waals surface area contributed by atoms with Crippen LogP contribution in [0.5, 0.6) is 0 Å². The molecule has 0 fully saturated rings. The molecule has 0 aromatic heterocycles. The monoisotopic (exact) mass is 164 g/mol. The Morgan fingerprint density at radius 2 is 1.73 bits per heavy atom. The molecule has 5 nitrogen and oxygen atoms in total. The van der Waals surface area contributed by atoms with Gasteiger partial charge >= 0.3 is 0 Å². The minimum atomic E-state index is -1.29. The first-order chi connectivity index (χ1) is 5.17. The van der Waals surface area contributed by atoms with Gasteiger partial charge in [0.1, 0.15) is 6.61 Å². The standard InChI is InChI=1S/C6H12O5/c7-1-4(5(10)2-8)6(11)3-9/h4-5,7-10H,1-3H2. The molecule has 66 valence electrons. The number of carbonyl (C=O) groups is 1. The van der Waals surface area contributed by atoms with E-state index in [0.29, 0.717) is 0 Å². The summed E-state index contributed by atoms with van der Waals surface area (Å²) in [5.41, 5.74) is 0. The summed E-state index contributed by atoms with van der Waals surface area (Å²) in [6.45, 7) is -1.90. The fourth-order valence-electron chi connectivity index (χ4n) is 0.683. The zero-order valence-electron chi connectivity index (χ0n) is 5.97. The minimum Gasteiger partial charge on any atom is -0.396 e. The maximum atomic E-state index is 10.7. The molecule has 0 aromatic carbocycles. The van der Waals surface area contributed by atoms with E-state index in [1.54, 1.807) is 0 Å². The molecule has 0 bridgehead atoms. The summed E-state index contributed by atoms with van der Waals surface area (Å²) in [5.74, 6) is -1.75. The van der Waals surface area contributed by atoms with Crippen molar-refractivity contribution < 1.29 is 25.2 Å². The van der Waals surface area contributed by atoms with Crippen LogP contribution in [0.15, 0.2) is 0 Å². The Morgan fingerprint density at radius 1 is 1.18 bits per heavy atom. The third-order valence-corrected chi connectivity index (χ3v) is 1.42. The van der Waals surface area contributed by atoms with Gasteiger partial charge in [0.2, 0.25) is 0 Å². The molecule has 0 aliphatic rings. The number of rotatable bonds is 5. The number of Topliss-reactive ketones (excluding diaryl/α,β-unsaturated/α-hetero) is 1. The Bertz CT molecular complexity index is 124. The van der Waals surface area contributed by atoms with Crippen molar-refractivity contribution in [3.8, 4) is 0 Å². The number of hydrogen-bond donors (Lipinski definition) is 4. The van der Waals surface area contributed by atoms with Gasteiger partial charge in [0.15, 0.2) is 5.78 Å². The molecule has 0 amide bonds. The van der Waals surface area contributed by atoms with Crippen LogP contribution in [0.4, 0.5) is 0 Å². The molecule has 0 aliphatic carbocycles. The summed E-state index contributed by atoms with van der Waals surface area (Å²) >= 11 is 0. The molecule has 0 aliphatic heterocycles. The molecule has 0 radical (unpaired) electrons. The highest BCUT2D eigenvalue weighted by atomic mass is 16.3. The predicted molar refractivity (Wildman–Crippen MR) is 35.8 cm³/mol. The summed E-state index contributed by atoms with van der Waals surface area (Å²) in [5, 5.41) is 34.1. The molecular weight excluding hydrogens is 152 g/mol. The Labute approximate surface area is 63.9 Å². The van der Waals surface area contributed by atoms with Crippen molar-refractivity contribution in [2.24, 2.45) is 5.92 Å². The van der Waals surface area contributed by atoms with Crippen LogP contribution in [0.3, 0.4) is 0 Å². The molecule has 0 aromatic rings. The van der Waals surface area contributed by atoms with Gasteiger partial charge in [-0.15, -0.1) is 0 Å². The van der Waals surface area contributed by atoms with Gasteiger partial charge in [-0.3, -0.25) is 4.79 Å². The summed E-state index contributed by atoms with van der Waals surface area (Å²) in [7, 11) is 0. The molecule has 0 heterocycles. The lowest BCUT2D eigenvalue weighted by Crippen LogP contribution is -2.35. The van der Waals surface area contributed by atoms with E-state index in [0.717, 1.165) is 0 Å². The molecule has 2 unspecified atom stereocenters. The molecule has 2 atom stereocenters. The van der Waals surface area contributed by atoms with Gasteiger partial charge in [0, 0.05) is 0 Å². The second kappa shape index (κ2) is 5.20. The molecule has 0 saturated carbocycles. The van der Waals surface area contributed by atoms with Crippen LogP contribution in [-0.4, -0.2) is 52.1 Å². The normalized spacial score (nSPS) is 16.0. The Hall–Kier alpha value is -0.490. The van der Waals surface area contributed by atoms with Gasteiger partial charge < -0.3 is 20.4 Å². The summed E-state index contributed by atoms with van der Waals surface area (Å²) < 4.78 is 0. The average Bonchev–Trinajstić information content (AvgIpc) is 2.05. The quantitative estimate of drug-likeness (QED) is 0.360. The smallest absolute Gasteiger partial charge is 0.166 e. The van der Waals surface area contributed by atoms with Crippen LogP contribution in [0.1, 0.15) is 0 Å². The number of carbonyl (C=O) groups excluding carboxylic acids is 1. The number of hydrogen-bond acceptors (Lipinski definition) is 5. The fourth-order valence-corrected chi connectivity index (χ4v) is 0.683. The van der Waals surface area contributed by atoms with E-state index in [1.165, 1.54) is 0 Å². The van der Waals surface area contributed by atoms with E-state index < -0.39 is 37.6 Å². The Kier molecular flexibility index (Phi) is 4.97. The first-order valence-electron chi connectivity index (χ1n) is 3.20. The van der Waals surface area contributed by atoms with Crippen LogP contribution in [0, 0.1) is 5.92 Å². The Balaban J connectivity index is 4.03. The van der Waals surface area contributed by atoms with E-state index in [4.69, 9.17) is 20.4 Å². The maximum Gasteiger partial charge on any atom is 0.166 e. The van der Waals surface area contributed by atoms with E-state index >= 15 is 0 Å². The summed E-state index contributed by atoms with van der Waals surface area (Å²) in [6.07, 6.45) is -1.29. The van der Waals surface area contributed by atoms with E-state index in [1.807, 2.05) is 0 Å². The van der Waals surface area contributed by atoms with Crippen LogP contribution >= 0.6 is 0 Å². The van der Waals surface area contributed by atoms with Gasteiger partial charge in [0.05, 0.1) is 25.2 Å². The van der Waals surface area contributed by atoms with Gasteiger partial charge in [-0.1, -0.05) is 0 Å². The summed E-state index contributed by atoms with van der Waals surface area (Å²) in [4.78, 5) is 10.7. The highest BCUT2D eigenvalue weighted by molar-refractivity contribution is 5.82. The van der Waals surface area contributed by atoms with E-state index in [-0.39, 0.29) is 0 Å². The Morgan fingerprint density at radius 3 is 2.00 bits per heavy atom. The van der Waals surface area contributed by atoms with Crippen molar-refractivity contribution >= 4 is 5.78 Å². The molecule has 0 rings (SSSR count). The van der Waals surface area contributed by atoms with Crippen LogP contribution in [-0.2, 0) is 4.79 Å². The third-order valence-electron chi connectivity index (χ3n) is 1.42. The lowest BCUT2D eigenvalue weighted by atomic mass is 9.99. The second-order valence-corrected chi connectivity index (χ2v) is 2.16. The topological polar surface area (TPSA) is 98.0 Å². The van der Waals surface area contributed by atoms with Gasteiger partial charge in [0.25, 0.3) is 0 Å². The fraction of sp³-hybridized carbons (Fsp3) is 0.833. The second-order valence-electron chi connectivity index (χ2n) is 2.16. The average molecular weight is 164 g/mol. The zero-order chi connectivity index (χ0) is 8.85. The van der Waals surface area contributed by atoms with Crippen LogP contribution in [0.25, 0.3) is 0 Å². The first-order valence-corrected chi connectivity index (χ1v) is 3.20. The zero-order valence-corrected chi connectivity index (χ0v) is 5.97. The minimum absolute atomic E-state index is 0.568. The molecule has 5 heteroatoms. The van der Waals surface area contributed by atoms with Crippen molar-refractivity contribution in [1.29, 1.82) is 0 Å². The van der Waals surface area contributed by atoms with E-state index in [9.17, 15) is 4.79 Å². The number of ketones is 1. The highest BCUT2D eigenvalue weighted by Crippen LogP contribution is 2.03. The number of aliphatic hydroxyl groups is 4. The lowest BCUT2D eigenvalue weighted by Gasteiger charge is -2.15. The first kappa shape index (κ1) is 10.5. The van der Waals surface area contributed by atoms with Crippen molar-refractivity contribution in [3.05, 3.63) is 0 Å². The molecule has 11 heavy (non-hydrogen) atoms. The van der Waals surface area contributed by atoms with Crippen LogP contribution < -0.4 is 0 Å². The SMILES string of the molecule is O=C(CO)C(CO)C(O)CO. The van der Waals surface area contributed by atoms with Crippen molar-refractivity contribution in [2.45, 2.75) is 6.10 Å². The van der Waals surface area contributed by atoms with Crippen molar-refractivity contribution in [3.63, 3.8) is 0 Å². The molecule has 4 N–H and O–H groups in total. The number of aliphatic hydroxyl groups excluding tert-OH is 4. The van der Waals surface area contributed by atoms with Crippen molar-refractivity contribution in [2.75, 3.05) is 19.8 Å². The van der Waals surface area contributed by atoms with Gasteiger partial charge in [-0.25, -0.2) is 0 Å². The highest BCUT2D eigenvalue weighted by Gasteiger charge is 2.24. The predicted octanol–water partition coefficient (Wildman–Crippen LogP) is -2.49. The van der Waals surface area contributed by atoms with Crippen molar-refractivity contribution in [1.82, 2.24) is 0 Å². The molecule has 0 saturated heterocycles. The molecule has 0 spiro atoms.